The van der Waals surface area contributed by atoms with Gasteiger partial charge < -0.3 is 16.8 Å². The molecule has 0 saturated heterocycles. The van der Waals surface area contributed by atoms with Gasteiger partial charge in [-0.3, -0.25) is 0 Å². The van der Waals surface area contributed by atoms with E-state index in [-0.39, 0.29) is 0 Å². The summed E-state index contributed by atoms with van der Waals surface area (Å²) < 4.78 is 2.91. The minimum absolute atomic E-state index is 0.299. The molecule has 1 aliphatic rings. The van der Waals surface area contributed by atoms with E-state index >= 15 is 0 Å². The molecule has 1 aromatic carbocycles. The van der Waals surface area contributed by atoms with Gasteiger partial charge in [-0.15, -0.1) is 5.10 Å². The molecule has 25 heavy (non-hydrogen) atoms. The van der Waals surface area contributed by atoms with Gasteiger partial charge in [0.25, 0.3) is 0 Å². The zero-order valence-electron chi connectivity index (χ0n) is 13.8. The average Bonchev–Trinajstić information content (AvgIpc) is 3.04. The first kappa shape index (κ1) is 16.6. The van der Waals surface area contributed by atoms with Crippen LogP contribution in [0.5, 0.6) is 0 Å². The van der Waals surface area contributed by atoms with Gasteiger partial charge in [-0.2, -0.15) is 0 Å². The van der Waals surface area contributed by atoms with E-state index < -0.39 is 0 Å². The lowest BCUT2D eigenvalue weighted by molar-refractivity contribution is 0.396. The van der Waals surface area contributed by atoms with Crippen LogP contribution in [0.3, 0.4) is 0 Å². The van der Waals surface area contributed by atoms with Crippen LogP contribution in [-0.4, -0.2) is 20.6 Å². The van der Waals surface area contributed by atoms with E-state index in [1.54, 1.807) is 10.7 Å². The maximum Gasteiger partial charge on any atom is 0.177 e. The largest absolute Gasteiger partial charge is 0.382 e. The fourth-order valence-corrected chi connectivity index (χ4v) is 4.17. The number of nitrogens with one attached hydrogen (secondary N) is 1. The summed E-state index contributed by atoms with van der Waals surface area (Å²) in [5.41, 5.74) is 16.3. The summed E-state index contributed by atoms with van der Waals surface area (Å²) in [5.74, 6) is 0.929. The van der Waals surface area contributed by atoms with E-state index in [0.717, 1.165) is 48.3 Å². The van der Waals surface area contributed by atoms with Crippen LogP contribution in [0.25, 0.3) is 5.65 Å². The molecule has 2 aromatic heterocycles. The first-order chi connectivity index (χ1) is 12.1. The van der Waals surface area contributed by atoms with Gasteiger partial charge in [0, 0.05) is 33.3 Å². The Labute approximate surface area is 160 Å². The second kappa shape index (κ2) is 6.80. The van der Waals surface area contributed by atoms with E-state index in [1.165, 1.54) is 3.57 Å². The summed E-state index contributed by atoms with van der Waals surface area (Å²) in [6.07, 6.45) is 7.68. The summed E-state index contributed by atoms with van der Waals surface area (Å²) in [4.78, 5) is 4.50. The topological polar surface area (TPSA) is 94.3 Å². The van der Waals surface area contributed by atoms with E-state index in [2.05, 4.69) is 56.2 Å². The van der Waals surface area contributed by atoms with Crippen molar-refractivity contribution in [3.63, 3.8) is 0 Å². The summed E-state index contributed by atoms with van der Waals surface area (Å²) in [7, 11) is 0. The SMILES string of the molecule is Nc1nn2ccnc2c(Nc2cccc(I)c2)c1[C@H]1CC[C@H](N)CC1. The number of fused-ring (bicyclic) bond motifs is 1. The van der Waals surface area contributed by atoms with E-state index in [4.69, 9.17) is 11.5 Å². The smallest absolute Gasteiger partial charge is 0.177 e. The Balaban J connectivity index is 1.82. The fraction of sp³-hybridized carbons (Fsp3) is 0.333. The second-order valence-electron chi connectivity index (χ2n) is 6.62. The first-order valence-electron chi connectivity index (χ1n) is 8.52. The standard InChI is InChI=1S/C18H21IN6/c19-12-2-1-3-14(10-12)23-16-15(11-4-6-13(20)7-5-11)17(21)24-25-9-8-22-18(16)25/h1-3,8-11,13,23H,4-7,20H2,(H2,21,24)/t11-,13-. The number of aromatic nitrogens is 3. The van der Waals surface area contributed by atoms with Crippen LogP contribution in [0.15, 0.2) is 36.7 Å². The van der Waals surface area contributed by atoms with Crippen molar-refractivity contribution in [1.82, 2.24) is 14.6 Å². The van der Waals surface area contributed by atoms with Gasteiger partial charge in [-0.05, 0) is 72.4 Å². The molecule has 0 unspecified atom stereocenters. The van der Waals surface area contributed by atoms with Crippen LogP contribution in [0.1, 0.15) is 37.2 Å². The zero-order valence-corrected chi connectivity index (χ0v) is 16.0. The molecule has 0 spiro atoms. The number of halogens is 1. The summed E-state index contributed by atoms with van der Waals surface area (Å²) in [6, 6.07) is 8.57. The number of hydrogen-bond acceptors (Lipinski definition) is 5. The summed E-state index contributed by atoms with van der Waals surface area (Å²) in [6.45, 7) is 0. The van der Waals surface area contributed by atoms with Gasteiger partial charge in [0.15, 0.2) is 5.65 Å². The Morgan fingerprint density at radius 3 is 2.76 bits per heavy atom. The molecule has 0 radical (unpaired) electrons. The van der Waals surface area contributed by atoms with Crippen LogP contribution in [0.2, 0.25) is 0 Å². The van der Waals surface area contributed by atoms with Crippen LogP contribution in [0.4, 0.5) is 17.2 Å². The molecule has 1 saturated carbocycles. The van der Waals surface area contributed by atoms with Crippen molar-refractivity contribution in [2.45, 2.75) is 37.6 Å². The van der Waals surface area contributed by atoms with Crippen molar-refractivity contribution in [2.75, 3.05) is 11.1 Å². The highest BCUT2D eigenvalue weighted by atomic mass is 127. The molecule has 4 rings (SSSR count). The van der Waals surface area contributed by atoms with Crippen molar-refractivity contribution >= 4 is 45.4 Å². The predicted molar refractivity (Wildman–Crippen MR) is 109 cm³/mol. The number of nitrogens with two attached hydrogens (primary N) is 2. The van der Waals surface area contributed by atoms with Gasteiger partial charge in [-0.25, -0.2) is 9.50 Å². The number of benzene rings is 1. The minimum Gasteiger partial charge on any atom is -0.382 e. The molecule has 7 heteroatoms. The molecule has 0 atom stereocenters. The predicted octanol–water partition coefficient (Wildman–Crippen LogP) is 3.64. The van der Waals surface area contributed by atoms with Gasteiger partial charge in [0.1, 0.15) is 5.82 Å². The van der Waals surface area contributed by atoms with E-state index in [0.29, 0.717) is 17.8 Å². The Morgan fingerprint density at radius 2 is 2.00 bits per heavy atom. The van der Waals surface area contributed by atoms with E-state index in [9.17, 15) is 0 Å². The van der Waals surface area contributed by atoms with Crippen molar-refractivity contribution in [2.24, 2.45) is 5.73 Å². The van der Waals surface area contributed by atoms with Gasteiger partial charge in [0.2, 0.25) is 0 Å². The molecule has 0 aliphatic heterocycles. The van der Waals surface area contributed by atoms with Gasteiger partial charge in [0.05, 0.1) is 5.69 Å². The summed E-state index contributed by atoms with van der Waals surface area (Å²) in [5, 5.41) is 8.06. The van der Waals surface area contributed by atoms with Crippen LogP contribution in [-0.2, 0) is 0 Å². The molecule has 130 valence electrons. The quantitative estimate of drug-likeness (QED) is 0.532. The Kier molecular flexibility index (Phi) is 4.51. The molecule has 3 aromatic rings. The molecular weight excluding hydrogens is 427 g/mol. The minimum atomic E-state index is 0.299. The third-order valence-corrected chi connectivity index (χ3v) is 5.55. The van der Waals surface area contributed by atoms with Crippen LogP contribution >= 0.6 is 22.6 Å². The molecular formula is C18H21IN6. The third kappa shape index (κ3) is 3.30. The first-order valence-corrected chi connectivity index (χ1v) is 9.60. The maximum atomic E-state index is 6.36. The molecule has 0 amide bonds. The lowest BCUT2D eigenvalue weighted by Gasteiger charge is -2.28. The number of anilines is 3. The fourth-order valence-electron chi connectivity index (χ4n) is 3.63. The third-order valence-electron chi connectivity index (χ3n) is 4.88. The molecule has 2 heterocycles. The Morgan fingerprint density at radius 1 is 1.20 bits per heavy atom. The highest BCUT2D eigenvalue weighted by molar-refractivity contribution is 14.1. The van der Waals surface area contributed by atoms with Gasteiger partial charge in [-0.1, -0.05) is 6.07 Å². The maximum absolute atomic E-state index is 6.36. The zero-order chi connectivity index (χ0) is 17.4. The number of imidazole rings is 1. The van der Waals surface area contributed by atoms with Crippen molar-refractivity contribution in [3.05, 3.63) is 45.8 Å². The monoisotopic (exact) mass is 448 g/mol. The number of nitrogen functional groups attached to an aromatic ring is 1. The number of hydrogen-bond donors (Lipinski definition) is 3. The Hall–Kier alpha value is -1.87. The molecule has 6 nitrogen and oxygen atoms in total. The average molecular weight is 448 g/mol. The lowest BCUT2D eigenvalue weighted by Crippen LogP contribution is -2.26. The number of nitrogens with zero attached hydrogens (tertiary/aromatic N) is 3. The van der Waals surface area contributed by atoms with Crippen molar-refractivity contribution in [3.8, 4) is 0 Å². The van der Waals surface area contributed by atoms with Crippen LogP contribution in [0, 0.1) is 3.57 Å². The van der Waals surface area contributed by atoms with Crippen LogP contribution < -0.4 is 16.8 Å². The van der Waals surface area contributed by atoms with Gasteiger partial charge >= 0.3 is 0 Å². The second-order valence-corrected chi connectivity index (χ2v) is 7.86. The highest BCUT2D eigenvalue weighted by Crippen LogP contribution is 2.41. The van der Waals surface area contributed by atoms with Crippen molar-refractivity contribution in [1.29, 1.82) is 0 Å². The number of rotatable bonds is 3. The normalized spacial score (nSPS) is 20.7. The molecule has 1 fully saturated rings. The van der Waals surface area contributed by atoms with Crippen molar-refractivity contribution < 1.29 is 0 Å². The molecule has 1 aliphatic carbocycles. The Bertz CT molecular complexity index is 898. The summed E-state index contributed by atoms with van der Waals surface area (Å²) >= 11 is 2.31. The highest BCUT2D eigenvalue weighted by Gasteiger charge is 2.27. The van der Waals surface area contributed by atoms with E-state index in [1.807, 2.05) is 12.3 Å². The lowest BCUT2D eigenvalue weighted by atomic mass is 9.81. The molecule has 0 bridgehead atoms. The molecule has 5 N–H and O–H groups in total.